The Morgan fingerprint density at radius 2 is 2.04 bits per heavy atom. The molecule has 3 rings (SSSR count). The summed E-state index contributed by atoms with van der Waals surface area (Å²) in [6.07, 6.45) is 2.07. The van der Waals surface area contributed by atoms with Crippen molar-refractivity contribution in [1.82, 2.24) is 5.32 Å². The van der Waals surface area contributed by atoms with Crippen LogP contribution in [0.1, 0.15) is 41.2 Å². The first kappa shape index (κ1) is 17.7. The number of hydrogen-bond donors (Lipinski definition) is 2. The van der Waals surface area contributed by atoms with Crippen LogP contribution in [0.4, 0.5) is 0 Å². The molecule has 0 bridgehead atoms. The Kier molecular flexibility index (Phi) is 5.53. The van der Waals surface area contributed by atoms with E-state index in [1.807, 2.05) is 30.3 Å². The molecule has 1 heterocycles. The first-order valence-electron chi connectivity index (χ1n) is 8.64. The number of thiophene rings is 1. The third-order valence-corrected chi connectivity index (χ3v) is 5.89. The summed E-state index contributed by atoms with van der Waals surface area (Å²) in [5.74, 6) is -0.410. The number of rotatable bonds is 8. The maximum Gasteiger partial charge on any atom is 0.303 e. The first-order chi connectivity index (χ1) is 12.0. The van der Waals surface area contributed by atoms with Gasteiger partial charge in [0.2, 0.25) is 5.91 Å². The third kappa shape index (κ3) is 4.69. The van der Waals surface area contributed by atoms with E-state index in [-0.39, 0.29) is 24.3 Å². The minimum Gasteiger partial charge on any atom is -0.481 e. The molecule has 1 amide bonds. The van der Waals surface area contributed by atoms with Crippen LogP contribution in [0.3, 0.4) is 0 Å². The average Bonchev–Trinajstić information content (AvgIpc) is 3.27. The monoisotopic (exact) mass is 357 g/mol. The van der Waals surface area contributed by atoms with Crippen molar-refractivity contribution in [2.24, 2.45) is 5.92 Å². The Hall–Kier alpha value is -2.14. The average molecular weight is 357 g/mol. The summed E-state index contributed by atoms with van der Waals surface area (Å²) in [7, 11) is 0. The van der Waals surface area contributed by atoms with Crippen LogP contribution in [0.5, 0.6) is 0 Å². The van der Waals surface area contributed by atoms with Crippen LogP contribution in [0.15, 0.2) is 41.8 Å². The lowest BCUT2D eigenvalue weighted by Crippen LogP contribution is -2.38. The highest BCUT2D eigenvalue weighted by molar-refractivity contribution is 7.10. The Morgan fingerprint density at radius 1 is 1.28 bits per heavy atom. The highest BCUT2D eigenvalue weighted by Gasteiger charge is 2.45. The lowest BCUT2D eigenvalue weighted by molar-refractivity contribution is -0.137. The van der Waals surface area contributed by atoms with Gasteiger partial charge in [-0.2, -0.15) is 0 Å². The molecule has 1 aliphatic carbocycles. The van der Waals surface area contributed by atoms with E-state index in [2.05, 4.69) is 23.7 Å². The fourth-order valence-corrected chi connectivity index (χ4v) is 4.38. The molecule has 3 atom stereocenters. The van der Waals surface area contributed by atoms with Crippen molar-refractivity contribution in [1.29, 1.82) is 0 Å². The van der Waals surface area contributed by atoms with Crippen molar-refractivity contribution in [3.63, 3.8) is 0 Å². The van der Waals surface area contributed by atoms with E-state index in [4.69, 9.17) is 5.11 Å². The number of carbonyl (C=O) groups excluding carboxylic acids is 1. The molecule has 25 heavy (non-hydrogen) atoms. The van der Waals surface area contributed by atoms with Gasteiger partial charge in [0.15, 0.2) is 0 Å². The Balaban J connectivity index is 1.60. The molecule has 1 aromatic carbocycles. The third-order valence-electron chi connectivity index (χ3n) is 4.74. The molecule has 2 N–H and O–H groups in total. The predicted octanol–water partition coefficient (Wildman–Crippen LogP) is 3.75. The summed E-state index contributed by atoms with van der Waals surface area (Å²) in [6, 6.07) is 11.8. The minimum atomic E-state index is -0.828. The zero-order valence-electron chi connectivity index (χ0n) is 14.3. The number of aryl methyl sites for hydroxylation is 1. The summed E-state index contributed by atoms with van der Waals surface area (Å²) in [4.78, 5) is 24.8. The van der Waals surface area contributed by atoms with Gasteiger partial charge in [-0.05, 0) is 48.8 Å². The molecule has 1 aromatic heterocycles. The molecule has 1 aliphatic rings. The van der Waals surface area contributed by atoms with E-state index in [9.17, 15) is 9.59 Å². The SMILES string of the molecule is Cc1ccsc1C1CC1C(=O)NC(CCC(=O)O)Cc1ccccc1. The zero-order valence-corrected chi connectivity index (χ0v) is 15.1. The van der Waals surface area contributed by atoms with Crippen molar-refractivity contribution in [2.75, 3.05) is 0 Å². The van der Waals surface area contributed by atoms with E-state index >= 15 is 0 Å². The van der Waals surface area contributed by atoms with Gasteiger partial charge in [-0.1, -0.05) is 30.3 Å². The van der Waals surface area contributed by atoms with Gasteiger partial charge in [-0.15, -0.1) is 11.3 Å². The number of benzene rings is 1. The molecule has 0 radical (unpaired) electrons. The Bertz CT molecular complexity index is 740. The molecule has 5 heteroatoms. The van der Waals surface area contributed by atoms with E-state index in [1.165, 1.54) is 10.4 Å². The van der Waals surface area contributed by atoms with Crippen LogP contribution < -0.4 is 5.32 Å². The maximum absolute atomic E-state index is 12.6. The highest BCUT2D eigenvalue weighted by Crippen LogP contribution is 2.50. The van der Waals surface area contributed by atoms with Gasteiger partial charge in [-0.25, -0.2) is 0 Å². The van der Waals surface area contributed by atoms with Gasteiger partial charge in [0, 0.05) is 29.2 Å². The summed E-state index contributed by atoms with van der Waals surface area (Å²) in [6.45, 7) is 2.09. The second-order valence-corrected chi connectivity index (χ2v) is 7.69. The van der Waals surface area contributed by atoms with E-state index in [0.717, 1.165) is 12.0 Å². The van der Waals surface area contributed by atoms with Crippen LogP contribution in [0.2, 0.25) is 0 Å². The van der Waals surface area contributed by atoms with Gasteiger partial charge in [0.25, 0.3) is 0 Å². The van der Waals surface area contributed by atoms with Crippen LogP contribution in [0.25, 0.3) is 0 Å². The van der Waals surface area contributed by atoms with Crippen molar-refractivity contribution in [3.8, 4) is 0 Å². The second kappa shape index (κ2) is 7.83. The van der Waals surface area contributed by atoms with Crippen molar-refractivity contribution in [2.45, 2.75) is 44.6 Å². The first-order valence-corrected chi connectivity index (χ1v) is 9.52. The van der Waals surface area contributed by atoms with Crippen LogP contribution in [-0.4, -0.2) is 23.0 Å². The summed E-state index contributed by atoms with van der Waals surface area (Å²) in [5, 5.41) is 14.1. The molecule has 1 saturated carbocycles. The highest BCUT2D eigenvalue weighted by atomic mass is 32.1. The molecule has 132 valence electrons. The number of aliphatic carboxylic acids is 1. The summed E-state index contributed by atoms with van der Waals surface area (Å²) < 4.78 is 0. The molecule has 4 nitrogen and oxygen atoms in total. The second-order valence-electron chi connectivity index (χ2n) is 6.74. The molecular formula is C20H23NO3S. The van der Waals surface area contributed by atoms with Crippen molar-refractivity contribution >= 4 is 23.2 Å². The molecule has 0 spiro atoms. The fraction of sp³-hybridized carbons (Fsp3) is 0.400. The lowest BCUT2D eigenvalue weighted by Gasteiger charge is -2.18. The van der Waals surface area contributed by atoms with Crippen LogP contribution in [0, 0.1) is 12.8 Å². The minimum absolute atomic E-state index is 0.0282. The molecule has 2 aromatic rings. The van der Waals surface area contributed by atoms with E-state index in [0.29, 0.717) is 18.8 Å². The number of hydrogen-bond acceptors (Lipinski definition) is 3. The van der Waals surface area contributed by atoms with Crippen molar-refractivity contribution < 1.29 is 14.7 Å². The Morgan fingerprint density at radius 3 is 2.68 bits per heavy atom. The van der Waals surface area contributed by atoms with Gasteiger partial charge in [-0.3, -0.25) is 9.59 Å². The largest absolute Gasteiger partial charge is 0.481 e. The van der Waals surface area contributed by atoms with Gasteiger partial charge in [0.1, 0.15) is 0 Å². The fourth-order valence-electron chi connectivity index (χ4n) is 3.27. The number of amides is 1. The van der Waals surface area contributed by atoms with E-state index in [1.54, 1.807) is 11.3 Å². The molecule has 1 fully saturated rings. The zero-order chi connectivity index (χ0) is 17.8. The van der Waals surface area contributed by atoms with Gasteiger partial charge >= 0.3 is 5.97 Å². The summed E-state index contributed by atoms with van der Waals surface area (Å²) in [5.41, 5.74) is 2.37. The predicted molar refractivity (Wildman–Crippen MR) is 98.9 cm³/mol. The summed E-state index contributed by atoms with van der Waals surface area (Å²) >= 11 is 1.72. The number of nitrogens with one attached hydrogen (secondary N) is 1. The quantitative estimate of drug-likeness (QED) is 0.756. The number of carbonyl (C=O) groups is 2. The number of carboxylic acid groups (broad SMARTS) is 1. The Labute approximate surface area is 151 Å². The van der Waals surface area contributed by atoms with Crippen LogP contribution in [-0.2, 0) is 16.0 Å². The molecular weight excluding hydrogens is 334 g/mol. The van der Waals surface area contributed by atoms with Gasteiger partial charge in [0.05, 0.1) is 0 Å². The molecule has 0 saturated heterocycles. The number of carboxylic acids is 1. The molecule has 3 unspecified atom stereocenters. The van der Waals surface area contributed by atoms with Crippen molar-refractivity contribution in [3.05, 3.63) is 57.8 Å². The standard InChI is InChI=1S/C20H23NO3S/c1-13-9-10-25-19(13)16-12-17(16)20(24)21-15(7-8-18(22)23)11-14-5-3-2-4-6-14/h2-6,9-10,15-17H,7-8,11-12H2,1H3,(H,21,24)(H,22,23). The molecule has 0 aliphatic heterocycles. The topological polar surface area (TPSA) is 66.4 Å². The van der Waals surface area contributed by atoms with Crippen LogP contribution >= 0.6 is 11.3 Å². The maximum atomic E-state index is 12.6. The van der Waals surface area contributed by atoms with E-state index < -0.39 is 5.97 Å². The van der Waals surface area contributed by atoms with Gasteiger partial charge < -0.3 is 10.4 Å². The lowest BCUT2D eigenvalue weighted by atomic mass is 10.0. The smallest absolute Gasteiger partial charge is 0.303 e. The normalized spacial score (nSPS) is 20.0.